The maximum absolute atomic E-state index is 12.5. The quantitative estimate of drug-likeness (QED) is 0.683. The van der Waals surface area contributed by atoms with Gasteiger partial charge in [-0.3, -0.25) is 4.79 Å². The number of amides is 1. The second kappa shape index (κ2) is 8.08. The monoisotopic (exact) mass is 387 g/mol. The Kier molecular flexibility index (Phi) is 5.58. The summed E-state index contributed by atoms with van der Waals surface area (Å²) in [5.41, 5.74) is 3.45. The van der Waals surface area contributed by atoms with Crippen LogP contribution in [0, 0.1) is 13.8 Å². The summed E-state index contributed by atoms with van der Waals surface area (Å²) in [5, 5.41) is 7.06. The lowest BCUT2D eigenvalue weighted by molar-refractivity contribution is -0.0511. The highest BCUT2D eigenvalue weighted by molar-refractivity contribution is 6.04. The van der Waals surface area contributed by atoms with Gasteiger partial charge in [-0.05, 0) is 56.3 Å². The fourth-order valence-electron chi connectivity index (χ4n) is 2.79. The molecule has 0 aliphatic carbocycles. The maximum Gasteiger partial charge on any atom is 0.387 e. The second-order valence-electron chi connectivity index (χ2n) is 6.08. The van der Waals surface area contributed by atoms with Gasteiger partial charge in [0.15, 0.2) is 11.5 Å². The number of nitrogens with one attached hydrogen (secondary N) is 1. The summed E-state index contributed by atoms with van der Waals surface area (Å²) in [7, 11) is 1.34. The second-order valence-corrected chi connectivity index (χ2v) is 6.08. The molecule has 0 saturated carbocycles. The molecule has 0 spiro atoms. The highest BCUT2D eigenvalue weighted by Crippen LogP contribution is 2.31. The van der Waals surface area contributed by atoms with Crippen LogP contribution in [0.4, 0.5) is 14.5 Å². The first-order valence-electron chi connectivity index (χ1n) is 8.45. The third kappa shape index (κ3) is 4.28. The molecule has 8 heteroatoms. The van der Waals surface area contributed by atoms with Gasteiger partial charge in [0.2, 0.25) is 0 Å². The summed E-state index contributed by atoms with van der Waals surface area (Å²) in [5.74, 6) is -0.393. The van der Waals surface area contributed by atoms with Crippen molar-refractivity contribution in [1.82, 2.24) is 9.78 Å². The van der Waals surface area contributed by atoms with Crippen molar-refractivity contribution in [3.63, 3.8) is 0 Å². The molecule has 0 aliphatic rings. The van der Waals surface area contributed by atoms with E-state index in [0.717, 1.165) is 17.1 Å². The van der Waals surface area contributed by atoms with Gasteiger partial charge in [0, 0.05) is 23.0 Å². The average molecular weight is 387 g/mol. The van der Waals surface area contributed by atoms with Crippen LogP contribution in [0.1, 0.15) is 21.7 Å². The molecule has 1 aromatic heterocycles. The lowest BCUT2D eigenvalue weighted by atomic mass is 10.2. The van der Waals surface area contributed by atoms with E-state index in [9.17, 15) is 13.6 Å². The van der Waals surface area contributed by atoms with Crippen molar-refractivity contribution in [1.29, 1.82) is 0 Å². The number of nitrogens with zero attached hydrogens (tertiary/aromatic N) is 2. The first-order chi connectivity index (χ1) is 13.4. The van der Waals surface area contributed by atoms with Gasteiger partial charge in [0.25, 0.3) is 5.91 Å². The Bertz CT molecular complexity index is 985. The van der Waals surface area contributed by atoms with E-state index in [4.69, 9.17) is 4.74 Å². The molecular formula is C20H19F2N3O3. The molecule has 2 aromatic carbocycles. The number of hydrogen-bond acceptors (Lipinski definition) is 4. The Balaban J connectivity index is 1.77. The number of aryl methyl sites for hydroxylation is 2. The number of ether oxygens (including phenoxy) is 2. The van der Waals surface area contributed by atoms with E-state index in [1.54, 1.807) is 35.0 Å². The lowest BCUT2D eigenvalue weighted by Crippen LogP contribution is -2.12. The molecule has 6 nitrogen and oxygen atoms in total. The van der Waals surface area contributed by atoms with Gasteiger partial charge in [-0.2, -0.15) is 13.9 Å². The van der Waals surface area contributed by atoms with E-state index in [-0.39, 0.29) is 17.4 Å². The number of alkyl halides is 2. The predicted octanol–water partition coefficient (Wildman–Crippen LogP) is 4.35. The van der Waals surface area contributed by atoms with Crippen LogP contribution in [-0.4, -0.2) is 29.4 Å². The van der Waals surface area contributed by atoms with Gasteiger partial charge in [-0.15, -0.1) is 0 Å². The topological polar surface area (TPSA) is 65.4 Å². The fraction of sp³-hybridized carbons (Fsp3) is 0.200. The van der Waals surface area contributed by atoms with Crippen LogP contribution in [-0.2, 0) is 0 Å². The lowest BCUT2D eigenvalue weighted by Gasteiger charge is -2.12. The summed E-state index contributed by atoms with van der Waals surface area (Å²) >= 11 is 0. The van der Waals surface area contributed by atoms with Crippen LogP contribution < -0.4 is 14.8 Å². The normalized spacial score (nSPS) is 10.8. The summed E-state index contributed by atoms with van der Waals surface area (Å²) in [6, 6.07) is 13.1. The summed E-state index contributed by atoms with van der Waals surface area (Å²) < 4.78 is 36.2. The minimum absolute atomic E-state index is 0.146. The minimum Gasteiger partial charge on any atom is -0.493 e. The smallest absolute Gasteiger partial charge is 0.387 e. The van der Waals surface area contributed by atoms with Gasteiger partial charge in [0.05, 0.1) is 18.5 Å². The van der Waals surface area contributed by atoms with Crippen LogP contribution in [0.2, 0.25) is 0 Å². The predicted molar refractivity (Wildman–Crippen MR) is 101 cm³/mol. The minimum atomic E-state index is -3.00. The molecule has 1 heterocycles. The van der Waals surface area contributed by atoms with E-state index in [0.29, 0.717) is 11.3 Å². The highest BCUT2D eigenvalue weighted by atomic mass is 19.3. The maximum atomic E-state index is 12.5. The summed E-state index contributed by atoms with van der Waals surface area (Å²) in [4.78, 5) is 12.5. The van der Waals surface area contributed by atoms with E-state index in [1.165, 1.54) is 19.2 Å². The van der Waals surface area contributed by atoms with Crippen LogP contribution in [0.5, 0.6) is 11.5 Å². The van der Waals surface area contributed by atoms with Crippen molar-refractivity contribution in [2.75, 3.05) is 12.4 Å². The van der Waals surface area contributed by atoms with Crippen molar-refractivity contribution in [2.24, 2.45) is 0 Å². The van der Waals surface area contributed by atoms with Gasteiger partial charge in [-0.1, -0.05) is 0 Å². The van der Waals surface area contributed by atoms with E-state index in [1.807, 2.05) is 19.9 Å². The molecule has 0 unspecified atom stereocenters. The largest absolute Gasteiger partial charge is 0.493 e. The number of carbonyl (C=O) groups excluding carboxylic acids is 1. The Hall–Kier alpha value is -3.42. The number of benzene rings is 2. The average Bonchev–Trinajstić information content (AvgIpc) is 3.00. The number of aromatic nitrogens is 2. The van der Waals surface area contributed by atoms with E-state index in [2.05, 4.69) is 15.2 Å². The molecule has 0 fully saturated rings. The molecule has 0 saturated heterocycles. The van der Waals surface area contributed by atoms with Crippen molar-refractivity contribution < 1.29 is 23.0 Å². The van der Waals surface area contributed by atoms with Crippen molar-refractivity contribution in [2.45, 2.75) is 20.5 Å². The zero-order valence-corrected chi connectivity index (χ0v) is 15.6. The highest BCUT2D eigenvalue weighted by Gasteiger charge is 2.13. The van der Waals surface area contributed by atoms with E-state index >= 15 is 0 Å². The van der Waals surface area contributed by atoms with Gasteiger partial charge in [0.1, 0.15) is 0 Å². The number of hydrogen-bond donors (Lipinski definition) is 1. The Morgan fingerprint density at radius 3 is 2.36 bits per heavy atom. The van der Waals surface area contributed by atoms with Crippen LogP contribution >= 0.6 is 0 Å². The Morgan fingerprint density at radius 1 is 1.07 bits per heavy atom. The Morgan fingerprint density at radius 2 is 1.79 bits per heavy atom. The molecular weight excluding hydrogens is 368 g/mol. The molecule has 0 atom stereocenters. The van der Waals surface area contributed by atoms with Crippen molar-refractivity contribution in [3.8, 4) is 17.2 Å². The van der Waals surface area contributed by atoms with Gasteiger partial charge in [-0.25, -0.2) is 4.68 Å². The molecule has 0 radical (unpaired) electrons. The molecule has 1 amide bonds. The number of rotatable bonds is 6. The number of carbonyl (C=O) groups is 1. The van der Waals surface area contributed by atoms with Crippen LogP contribution in [0.3, 0.4) is 0 Å². The number of halogens is 2. The first kappa shape index (κ1) is 19.3. The van der Waals surface area contributed by atoms with Gasteiger partial charge < -0.3 is 14.8 Å². The standard InChI is InChI=1S/C20H19F2N3O3/c1-12-10-13(2)25(24-12)16-7-4-14(5-8-16)19(26)23-15-6-9-17(27-3)18(11-15)28-20(21)22/h4-11,20H,1-3H3,(H,23,26). The van der Waals surface area contributed by atoms with Crippen molar-refractivity contribution in [3.05, 3.63) is 65.5 Å². The third-order valence-electron chi connectivity index (χ3n) is 4.02. The van der Waals surface area contributed by atoms with Gasteiger partial charge >= 0.3 is 6.61 Å². The summed E-state index contributed by atoms with van der Waals surface area (Å²) in [6.45, 7) is 0.858. The third-order valence-corrected chi connectivity index (χ3v) is 4.02. The van der Waals surface area contributed by atoms with Crippen LogP contribution in [0.25, 0.3) is 5.69 Å². The molecule has 0 bridgehead atoms. The molecule has 1 N–H and O–H groups in total. The number of anilines is 1. The zero-order valence-electron chi connectivity index (χ0n) is 15.6. The molecule has 0 aliphatic heterocycles. The van der Waals surface area contributed by atoms with Crippen LogP contribution in [0.15, 0.2) is 48.5 Å². The number of methoxy groups -OCH3 is 1. The molecule has 146 valence electrons. The van der Waals surface area contributed by atoms with E-state index < -0.39 is 6.61 Å². The molecule has 28 heavy (non-hydrogen) atoms. The van der Waals surface area contributed by atoms with Crippen molar-refractivity contribution >= 4 is 11.6 Å². The summed E-state index contributed by atoms with van der Waals surface area (Å²) in [6.07, 6.45) is 0. The fourth-order valence-corrected chi connectivity index (χ4v) is 2.79. The molecule has 3 rings (SSSR count). The Labute approximate surface area is 160 Å². The first-order valence-corrected chi connectivity index (χ1v) is 8.45. The molecule has 3 aromatic rings. The SMILES string of the molecule is COc1ccc(NC(=O)c2ccc(-n3nc(C)cc3C)cc2)cc1OC(F)F. The zero-order chi connectivity index (χ0) is 20.3.